The second-order valence-electron chi connectivity index (χ2n) is 8.97. The van der Waals surface area contributed by atoms with Crippen LogP contribution in [0.4, 0.5) is 5.95 Å². The van der Waals surface area contributed by atoms with E-state index in [4.69, 9.17) is 38.0 Å². The van der Waals surface area contributed by atoms with Crippen LogP contribution < -0.4 is 10.1 Å². The summed E-state index contributed by atoms with van der Waals surface area (Å²) in [5.41, 5.74) is 3.16. The maximum Gasteiger partial charge on any atom is 0.226 e. The van der Waals surface area contributed by atoms with Gasteiger partial charge in [-0.1, -0.05) is 43.1 Å². The van der Waals surface area contributed by atoms with Crippen molar-refractivity contribution in [3.8, 4) is 17.1 Å². The van der Waals surface area contributed by atoms with Crippen molar-refractivity contribution in [1.82, 2.24) is 14.8 Å². The van der Waals surface area contributed by atoms with Gasteiger partial charge in [0.2, 0.25) is 5.95 Å². The first-order valence-electron chi connectivity index (χ1n) is 10.3. The molecular formula is C24H22Cl2N4O2. The van der Waals surface area contributed by atoms with E-state index in [1.165, 1.54) is 0 Å². The monoisotopic (exact) mass is 468 g/mol. The van der Waals surface area contributed by atoms with Crippen LogP contribution in [0.3, 0.4) is 0 Å². The molecule has 0 saturated heterocycles. The number of benzene rings is 2. The zero-order chi connectivity index (χ0) is 22.6. The molecule has 1 unspecified atom stereocenters. The number of allylic oxidation sites excluding steroid dienone is 2. The van der Waals surface area contributed by atoms with E-state index < -0.39 is 6.04 Å². The normalized spacial score (nSPS) is 19.3. The number of nitrogens with zero attached hydrogens (tertiary/aromatic N) is 3. The number of nitrogens with one attached hydrogen (secondary N) is 1. The molecule has 2 aromatic carbocycles. The predicted octanol–water partition coefficient (Wildman–Crippen LogP) is 5.92. The van der Waals surface area contributed by atoms with Crippen LogP contribution in [-0.2, 0) is 4.79 Å². The number of halogens is 2. The van der Waals surface area contributed by atoms with Crippen molar-refractivity contribution in [2.75, 3.05) is 12.4 Å². The lowest BCUT2D eigenvalue weighted by atomic mass is 9.73. The predicted molar refractivity (Wildman–Crippen MR) is 125 cm³/mol. The largest absolute Gasteiger partial charge is 0.497 e. The number of fused-ring (bicyclic) bond motifs is 1. The summed E-state index contributed by atoms with van der Waals surface area (Å²) in [6.45, 7) is 4.21. The maximum absolute atomic E-state index is 13.3. The lowest BCUT2D eigenvalue weighted by Crippen LogP contribution is -2.36. The molecule has 0 bridgehead atoms. The van der Waals surface area contributed by atoms with E-state index in [1.54, 1.807) is 23.9 Å². The van der Waals surface area contributed by atoms with Crippen molar-refractivity contribution in [2.45, 2.75) is 32.7 Å². The average Bonchev–Trinajstić information content (AvgIpc) is 3.17. The van der Waals surface area contributed by atoms with Crippen molar-refractivity contribution in [3.63, 3.8) is 0 Å². The first-order valence-corrected chi connectivity index (χ1v) is 11.1. The fourth-order valence-electron chi connectivity index (χ4n) is 4.46. The van der Waals surface area contributed by atoms with Crippen molar-refractivity contribution in [3.05, 3.63) is 69.3 Å². The molecule has 2 heterocycles. The number of aromatic nitrogens is 3. The van der Waals surface area contributed by atoms with Crippen LogP contribution in [0.2, 0.25) is 10.0 Å². The summed E-state index contributed by atoms with van der Waals surface area (Å²) in [7, 11) is 1.63. The van der Waals surface area contributed by atoms with Gasteiger partial charge in [0.15, 0.2) is 11.6 Å². The number of hydrogen-bond donors (Lipinski definition) is 1. The summed E-state index contributed by atoms with van der Waals surface area (Å²) in [4.78, 5) is 18.1. The van der Waals surface area contributed by atoms with Gasteiger partial charge in [-0.25, -0.2) is 4.68 Å². The summed E-state index contributed by atoms with van der Waals surface area (Å²) in [5.74, 6) is 2.02. The minimum absolute atomic E-state index is 0.104. The molecule has 32 heavy (non-hydrogen) atoms. The molecule has 1 atom stereocenters. The van der Waals surface area contributed by atoms with Crippen LogP contribution in [0.1, 0.15) is 38.3 Å². The summed E-state index contributed by atoms with van der Waals surface area (Å²) in [6, 6.07) is 12.6. The zero-order valence-electron chi connectivity index (χ0n) is 17.9. The Balaban J connectivity index is 1.66. The molecule has 6 nitrogen and oxygen atoms in total. The third-order valence-corrected chi connectivity index (χ3v) is 6.68. The average molecular weight is 469 g/mol. The van der Waals surface area contributed by atoms with Gasteiger partial charge in [-0.3, -0.25) is 4.79 Å². The molecule has 0 radical (unpaired) electrons. The van der Waals surface area contributed by atoms with E-state index in [9.17, 15) is 4.79 Å². The SMILES string of the molecule is COc1ccc(-c2nc3n(n2)C(c2ccc(Cl)c(Cl)c2)C2=C(CC(C)(C)CC2=O)N3)cc1. The van der Waals surface area contributed by atoms with E-state index in [-0.39, 0.29) is 11.2 Å². The Bertz CT molecular complexity index is 1260. The van der Waals surface area contributed by atoms with Gasteiger partial charge in [-0.2, -0.15) is 4.98 Å². The van der Waals surface area contributed by atoms with E-state index in [1.807, 2.05) is 30.3 Å². The summed E-state index contributed by atoms with van der Waals surface area (Å²) < 4.78 is 7.02. The second kappa shape index (κ2) is 7.64. The van der Waals surface area contributed by atoms with Gasteiger partial charge in [0.05, 0.1) is 17.2 Å². The Morgan fingerprint density at radius 3 is 2.53 bits per heavy atom. The van der Waals surface area contributed by atoms with Crippen molar-refractivity contribution < 1.29 is 9.53 Å². The van der Waals surface area contributed by atoms with Gasteiger partial charge >= 0.3 is 0 Å². The molecule has 1 aromatic heterocycles. The smallest absolute Gasteiger partial charge is 0.226 e. The Morgan fingerprint density at radius 1 is 1.09 bits per heavy atom. The van der Waals surface area contributed by atoms with Crippen LogP contribution in [0.15, 0.2) is 53.7 Å². The lowest BCUT2D eigenvalue weighted by molar-refractivity contribution is -0.118. The topological polar surface area (TPSA) is 69.0 Å². The van der Waals surface area contributed by atoms with E-state index in [2.05, 4.69) is 19.2 Å². The van der Waals surface area contributed by atoms with Crippen LogP contribution in [-0.4, -0.2) is 27.7 Å². The van der Waals surface area contributed by atoms with E-state index in [0.29, 0.717) is 33.8 Å². The zero-order valence-corrected chi connectivity index (χ0v) is 19.5. The lowest BCUT2D eigenvalue weighted by Gasteiger charge is -2.38. The third-order valence-electron chi connectivity index (χ3n) is 5.94. The molecular weight excluding hydrogens is 447 g/mol. The van der Waals surface area contributed by atoms with Gasteiger partial charge in [0, 0.05) is 23.3 Å². The summed E-state index contributed by atoms with van der Waals surface area (Å²) in [5, 5.41) is 9.08. The van der Waals surface area contributed by atoms with Crippen LogP contribution >= 0.6 is 23.2 Å². The molecule has 1 N–H and O–H groups in total. The molecule has 1 aliphatic carbocycles. The molecule has 0 saturated carbocycles. The van der Waals surface area contributed by atoms with Gasteiger partial charge in [-0.05, 0) is 53.8 Å². The highest BCUT2D eigenvalue weighted by molar-refractivity contribution is 6.42. The minimum Gasteiger partial charge on any atom is -0.497 e. The van der Waals surface area contributed by atoms with Gasteiger partial charge < -0.3 is 10.1 Å². The maximum atomic E-state index is 13.3. The van der Waals surface area contributed by atoms with Crippen LogP contribution in [0, 0.1) is 5.41 Å². The van der Waals surface area contributed by atoms with E-state index >= 15 is 0 Å². The molecule has 2 aliphatic rings. The first kappa shape index (κ1) is 21.0. The number of methoxy groups -OCH3 is 1. The number of rotatable bonds is 3. The number of hydrogen-bond acceptors (Lipinski definition) is 5. The van der Waals surface area contributed by atoms with E-state index in [0.717, 1.165) is 29.0 Å². The molecule has 1 aliphatic heterocycles. The highest BCUT2D eigenvalue weighted by Crippen LogP contribution is 2.46. The number of ether oxygens (including phenoxy) is 1. The number of carbonyl (C=O) groups excluding carboxylic acids is 1. The molecule has 0 amide bonds. The molecule has 5 rings (SSSR count). The number of Topliss-reactive ketones (excluding diaryl/α,β-unsaturated/α-hetero) is 1. The Kier molecular flexibility index (Phi) is 5.02. The molecule has 8 heteroatoms. The van der Waals surface area contributed by atoms with Crippen LogP contribution in [0.25, 0.3) is 11.4 Å². The molecule has 164 valence electrons. The highest BCUT2D eigenvalue weighted by atomic mass is 35.5. The van der Waals surface area contributed by atoms with Crippen LogP contribution in [0.5, 0.6) is 5.75 Å². The first-order chi connectivity index (χ1) is 15.3. The quantitative estimate of drug-likeness (QED) is 0.516. The number of ketones is 1. The third kappa shape index (κ3) is 3.57. The molecule has 0 spiro atoms. The van der Waals surface area contributed by atoms with Crippen molar-refractivity contribution >= 4 is 34.9 Å². The van der Waals surface area contributed by atoms with Gasteiger partial charge in [0.25, 0.3) is 0 Å². The highest BCUT2D eigenvalue weighted by Gasteiger charge is 2.42. The Labute approximate surface area is 196 Å². The minimum atomic E-state index is -0.431. The number of carbonyl (C=O) groups is 1. The number of anilines is 1. The van der Waals surface area contributed by atoms with Gasteiger partial charge in [0.1, 0.15) is 11.8 Å². The standard InChI is InChI=1S/C24H22Cl2N4O2/c1-24(2)11-18-20(19(31)12-24)21(14-6-9-16(25)17(26)10-14)30-23(27-18)28-22(29-30)13-4-7-15(32-3)8-5-13/h4-10,21H,11-12H2,1-3H3,(H,27,28,29). The summed E-state index contributed by atoms with van der Waals surface area (Å²) >= 11 is 12.5. The molecule has 0 fully saturated rings. The second-order valence-corrected chi connectivity index (χ2v) is 9.78. The molecule has 3 aromatic rings. The van der Waals surface area contributed by atoms with Crippen molar-refractivity contribution in [1.29, 1.82) is 0 Å². The fraction of sp³-hybridized carbons (Fsp3) is 0.292. The Hall–Kier alpha value is -2.83. The fourth-order valence-corrected chi connectivity index (χ4v) is 4.77. The Morgan fingerprint density at radius 2 is 1.84 bits per heavy atom. The summed E-state index contributed by atoms with van der Waals surface area (Å²) in [6.07, 6.45) is 1.22. The van der Waals surface area contributed by atoms with Gasteiger partial charge in [-0.15, -0.1) is 5.10 Å². The van der Waals surface area contributed by atoms with Crippen molar-refractivity contribution in [2.24, 2.45) is 5.41 Å².